The molecule has 0 aliphatic heterocycles. The number of hydrogen-bond donors (Lipinski definition) is 0. The minimum absolute atomic E-state index is 0.353. The van der Waals surface area contributed by atoms with E-state index in [1.54, 1.807) is 6.07 Å². The Morgan fingerprint density at radius 1 is 1.06 bits per heavy atom. The predicted octanol–water partition coefficient (Wildman–Crippen LogP) is 2.38. The Labute approximate surface area is 106 Å². The number of aryl methyl sites for hydroxylation is 1. The van der Waals surface area contributed by atoms with Crippen LogP contribution in [0.1, 0.15) is 15.9 Å². The van der Waals surface area contributed by atoms with Crippen LogP contribution < -0.4 is 0 Å². The number of hydrogen-bond acceptors (Lipinski definition) is 3. The Morgan fingerprint density at radius 2 is 1.67 bits per heavy atom. The molecule has 0 fully saturated rings. The van der Waals surface area contributed by atoms with Crippen LogP contribution in [0.5, 0.6) is 0 Å². The van der Waals surface area contributed by atoms with Crippen LogP contribution in [0.3, 0.4) is 0 Å². The maximum atomic E-state index is 12.0. The van der Waals surface area contributed by atoms with Crippen molar-refractivity contribution in [1.29, 1.82) is 0 Å². The van der Waals surface area contributed by atoms with Gasteiger partial charge in [0.25, 0.3) is 0 Å². The van der Waals surface area contributed by atoms with E-state index in [0.717, 1.165) is 22.6 Å². The first kappa shape index (κ1) is 12.8. The van der Waals surface area contributed by atoms with E-state index in [0.29, 0.717) is 5.56 Å². The summed E-state index contributed by atoms with van der Waals surface area (Å²) in [7, 11) is -3.30. The van der Waals surface area contributed by atoms with Gasteiger partial charge in [0, 0.05) is 11.8 Å². The molecule has 18 heavy (non-hydrogen) atoms. The standard InChI is InChI=1S/C14H14O3S/c1-10-7-8-13(14(15)9-18(2,16)17)12-6-4-3-5-11(10)12/h3-8H,9H2,1-2H3. The van der Waals surface area contributed by atoms with E-state index in [-0.39, 0.29) is 5.78 Å². The minimum atomic E-state index is -3.30. The van der Waals surface area contributed by atoms with Crippen LogP contribution >= 0.6 is 0 Å². The molecule has 0 aromatic heterocycles. The van der Waals surface area contributed by atoms with E-state index in [2.05, 4.69) is 0 Å². The molecule has 0 N–H and O–H groups in total. The second-order valence-electron chi connectivity index (χ2n) is 4.47. The number of benzene rings is 2. The van der Waals surface area contributed by atoms with Gasteiger partial charge < -0.3 is 0 Å². The Morgan fingerprint density at radius 3 is 2.28 bits per heavy atom. The highest BCUT2D eigenvalue weighted by Crippen LogP contribution is 2.22. The lowest BCUT2D eigenvalue weighted by Gasteiger charge is -2.07. The summed E-state index contributed by atoms with van der Waals surface area (Å²) in [5, 5.41) is 1.79. The van der Waals surface area contributed by atoms with Gasteiger partial charge in [0.05, 0.1) is 0 Å². The monoisotopic (exact) mass is 262 g/mol. The first-order valence-corrected chi connectivity index (χ1v) is 7.64. The normalized spacial score (nSPS) is 11.7. The average molecular weight is 262 g/mol. The Kier molecular flexibility index (Phi) is 3.22. The van der Waals surface area contributed by atoms with Gasteiger partial charge in [-0.2, -0.15) is 0 Å². The maximum Gasteiger partial charge on any atom is 0.178 e. The van der Waals surface area contributed by atoms with Gasteiger partial charge >= 0.3 is 0 Å². The van der Waals surface area contributed by atoms with Crippen molar-refractivity contribution in [1.82, 2.24) is 0 Å². The molecule has 0 heterocycles. The smallest absolute Gasteiger partial charge is 0.178 e. The van der Waals surface area contributed by atoms with E-state index in [4.69, 9.17) is 0 Å². The molecule has 0 atom stereocenters. The fourth-order valence-corrected chi connectivity index (χ4v) is 2.64. The Hall–Kier alpha value is -1.68. The minimum Gasteiger partial charge on any atom is -0.293 e. The predicted molar refractivity (Wildman–Crippen MR) is 72.7 cm³/mol. The molecule has 0 aliphatic carbocycles. The molecule has 0 amide bonds. The van der Waals surface area contributed by atoms with Crippen molar-refractivity contribution in [3.8, 4) is 0 Å². The molecule has 2 rings (SSSR count). The molecule has 0 saturated heterocycles. The van der Waals surface area contributed by atoms with E-state index >= 15 is 0 Å². The number of Topliss-reactive ketones (excluding diaryl/α,β-unsaturated/α-hetero) is 1. The fourth-order valence-electron chi connectivity index (χ4n) is 2.01. The summed E-state index contributed by atoms with van der Waals surface area (Å²) in [6.07, 6.45) is 1.07. The highest BCUT2D eigenvalue weighted by Gasteiger charge is 2.16. The van der Waals surface area contributed by atoms with Crippen molar-refractivity contribution in [3.63, 3.8) is 0 Å². The van der Waals surface area contributed by atoms with Crippen LogP contribution in [0.15, 0.2) is 36.4 Å². The third kappa shape index (κ3) is 2.59. The SMILES string of the molecule is Cc1ccc(C(=O)CS(C)(=O)=O)c2ccccc12. The molecule has 94 valence electrons. The molecule has 0 bridgehead atoms. The topological polar surface area (TPSA) is 51.2 Å². The zero-order valence-corrected chi connectivity index (χ0v) is 11.1. The Bertz CT molecular complexity index is 715. The second-order valence-corrected chi connectivity index (χ2v) is 6.61. The molecule has 0 saturated carbocycles. The van der Waals surface area contributed by atoms with E-state index < -0.39 is 15.6 Å². The number of sulfone groups is 1. The summed E-state index contributed by atoms with van der Waals surface area (Å²) in [6.45, 7) is 1.97. The zero-order valence-electron chi connectivity index (χ0n) is 10.3. The third-order valence-corrected chi connectivity index (χ3v) is 3.62. The number of fused-ring (bicyclic) bond motifs is 1. The van der Waals surface area contributed by atoms with Crippen molar-refractivity contribution in [2.24, 2.45) is 0 Å². The lowest BCUT2D eigenvalue weighted by atomic mass is 9.98. The van der Waals surface area contributed by atoms with Gasteiger partial charge in [-0.15, -0.1) is 0 Å². The third-order valence-electron chi connectivity index (χ3n) is 2.84. The zero-order chi connectivity index (χ0) is 13.3. The molecular weight excluding hydrogens is 248 g/mol. The summed E-state index contributed by atoms with van der Waals surface area (Å²) in [6, 6.07) is 11.1. The van der Waals surface area contributed by atoms with Gasteiger partial charge in [-0.1, -0.05) is 36.4 Å². The van der Waals surface area contributed by atoms with E-state index in [1.165, 1.54) is 0 Å². The lowest BCUT2D eigenvalue weighted by molar-refractivity contribution is 0.102. The van der Waals surface area contributed by atoms with Gasteiger partial charge in [0.15, 0.2) is 15.6 Å². The highest BCUT2D eigenvalue weighted by atomic mass is 32.2. The molecule has 0 unspecified atom stereocenters. The van der Waals surface area contributed by atoms with Gasteiger partial charge in [0.2, 0.25) is 0 Å². The van der Waals surface area contributed by atoms with Crippen molar-refractivity contribution in [2.45, 2.75) is 6.92 Å². The van der Waals surface area contributed by atoms with Crippen LogP contribution in [0.2, 0.25) is 0 Å². The van der Waals surface area contributed by atoms with Crippen molar-refractivity contribution in [3.05, 3.63) is 47.5 Å². The fraction of sp³-hybridized carbons (Fsp3) is 0.214. The first-order chi connectivity index (χ1) is 8.38. The number of ketones is 1. The lowest BCUT2D eigenvalue weighted by Crippen LogP contribution is -2.14. The van der Waals surface area contributed by atoms with Gasteiger partial charge in [-0.25, -0.2) is 8.42 Å². The summed E-state index contributed by atoms with van der Waals surface area (Å²) in [5.74, 6) is -0.797. The van der Waals surface area contributed by atoms with Crippen LogP contribution in [-0.2, 0) is 9.84 Å². The maximum absolute atomic E-state index is 12.0. The Balaban J connectivity index is 2.59. The molecule has 3 nitrogen and oxygen atoms in total. The number of rotatable bonds is 3. The molecule has 2 aromatic rings. The molecule has 0 aliphatic rings. The van der Waals surface area contributed by atoms with Gasteiger partial charge in [-0.3, -0.25) is 4.79 Å². The molecular formula is C14H14O3S. The van der Waals surface area contributed by atoms with Crippen LogP contribution in [-0.4, -0.2) is 26.2 Å². The quantitative estimate of drug-likeness (QED) is 0.798. The van der Waals surface area contributed by atoms with E-state index in [1.807, 2.05) is 37.3 Å². The van der Waals surface area contributed by atoms with Crippen LogP contribution in [0.25, 0.3) is 10.8 Å². The summed E-state index contributed by atoms with van der Waals surface area (Å²) in [4.78, 5) is 12.0. The molecule has 0 spiro atoms. The van der Waals surface area contributed by atoms with Crippen molar-refractivity contribution < 1.29 is 13.2 Å². The summed E-state index contributed by atoms with van der Waals surface area (Å²) >= 11 is 0. The van der Waals surface area contributed by atoms with Crippen LogP contribution in [0, 0.1) is 6.92 Å². The number of carbonyl (C=O) groups is 1. The van der Waals surface area contributed by atoms with Crippen molar-refractivity contribution in [2.75, 3.05) is 12.0 Å². The molecule has 0 radical (unpaired) electrons. The summed E-state index contributed by atoms with van der Waals surface area (Å²) < 4.78 is 22.4. The largest absolute Gasteiger partial charge is 0.293 e. The van der Waals surface area contributed by atoms with Crippen molar-refractivity contribution >= 4 is 26.4 Å². The second kappa shape index (κ2) is 4.53. The van der Waals surface area contributed by atoms with Gasteiger partial charge in [0.1, 0.15) is 5.75 Å². The van der Waals surface area contributed by atoms with Crippen LogP contribution in [0.4, 0.5) is 0 Å². The number of carbonyl (C=O) groups excluding carboxylic acids is 1. The highest BCUT2D eigenvalue weighted by molar-refractivity contribution is 7.91. The first-order valence-electron chi connectivity index (χ1n) is 5.58. The summed E-state index contributed by atoms with van der Waals surface area (Å²) in [5.41, 5.74) is 1.54. The van der Waals surface area contributed by atoms with Gasteiger partial charge in [-0.05, 0) is 23.3 Å². The molecule has 2 aromatic carbocycles. The average Bonchev–Trinajstić information content (AvgIpc) is 2.27. The molecule has 4 heteroatoms. The van der Waals surface area contributed by atoms with E-state index in [9.17, 15) is 13.2 Å².